The Morgan fingerprint density at radius 2 is 1.79 bits per heavy atom. The van der Waals surface area contributed by atoms with Gasteiger partial charge in [0.15, 0.2) is 5.96 Å². The molecule has 0 bridgehead atoms. The van der Waals surface area contributed by atoms with Gasteiger partial charge in [-0.15, -0.1) is 24.0 Å². The van der Waals surface area contributed by atoms with Gasteiger partial charge in [0, 0.05) is 39.8 Å². The zero-order valence-electron chi connectivity index (χ0n) is 14.5. The molecule has 0 amide bonds. The fourth-order valence-corrected chi connectivity index (χ4v) is 2.75. The number of hydrogen-bond acceptors (Lipinski definition) is 3. The van der Waals surface area contributed by atoms with Crippen molar-refractivity contribution in [1.29, 1.82) is 0 Å². The van der Waals surface area contributed by atoms with E-state index in [1.54, 1.807) is 0 Å². The zero-order valence-corrected chi connectivity index (χ0v) is 16.8. The Balaban J connectivity index is 0.00000208. The Kier molecular flexibility index (Phi) is 8.28. The second-order valence-corrected chi connectivity index (χ2v) is 6.46. The summed E-state index contributed by atoms with van der Waals surface area (Å²) in [7, 11) is 1.83. The topological polar surface area (TPSA) is 48.9 Å². The van der Waals surface area contributed by atoms with Crippen LogP contribution in [0.25, 0.3) is 0 Å². The number of hydrogen-bond donors (Lipinski definition) is 2. The Bertz CT molecular complexity index is 510. The van der Waals surface area contributed by atoms with E-state index in [4.69, 9.17) is 4.74 Å². The van der Waals surface area contributed by atoms with Crippen LogP contribution in [0.1, 0.15) is 24.0 Å². The minimum absolute atomic E-state index is 0. The minimum atomic E-state index is 0. The molecular weight excluding hydrogens is 415 g/mol. The van der Waals surface area contributed by atoms with Crippen molar-refractivity contribution in [1.82, 2.24) is 15.5 Å². The summed E-state index contributed by atoms with van der Waals surface area (Å²) in [5.41, 5.74) is 2.65. The van der Waals surface area contributed by atoms with Crippen molar-refractivity contribution < 1.29 is 4.74 Å². The lowest BCUT2D eigenvalue weighted by molar-refractivity contribution is 0.0342. The fraction of sp³-hybridized carbons (Fsp3) is 0.611. The van der Waals surface area contributed by atoms with Gasteiger partial charge < -0.3 is 15.4 Å². The second-order valence-electron chi connectivity index (χ2n) is 6.46. The summed E-state index contributed by atoms with van der Waals surface area (Å²) in [6.45, 7) is 6.64. The molecule has 1 aliphatic carbocycles. The second kappa shape index (κ2) is 10.2. The zero-order chi connectivity index (χ0) is 15.9. The van der Waals surface area contributed by atoms with Crippen molar-refractivity contribution in [3.8, 4) is 0 Å². The van der Waals surface area contributed by atoms with Gasteiger partial charge in [0.2, 0.25) is 0 Å². The van der Waals surface area contributed by atoms with Crippen LogP contribution in [-0.2, 0) is 17.8 Å². The molecule has 0 spiro atoms. The smallest absolute Gasteiger partial charge is 0.191 e. The molecule has 2 aliphatic rings. The van der Waals surface area contributed by atoms with Crippen LogP contribution in [0.3, 0.4) is 0 Å². The summed E-state index contributed by atoms with van der Waals surface area (Å²) in [5.74, 6) is 1.75. The molecule has 2 fully saturated rings. The van der Waals surface area contributed by atoms with E-state index >= 15 is 0 Å². The largest absolute Gasteiger partial charge is 0.379 e. The van der Waals surface area contributed by atoms with Crippen LogP contribution >= 0.6 is 24.0 Å². The van der Waals surface area contributed by atoms with E-state index in [1.807, 2.05) is 7.05 Å². The number of halogens is 1. The molecule has 0 aromatic heterocycles. The van der Waals surface area contributed by atoms with Crippen molar-refractivity contribution in [3.05, 3.63) is 35.4 Å². The van der Waals surface area contributed by atoms with Gasteiger partial charge in [0.1, 0.15) is 0 Å². The highest BCUT2D eigenvalue weighted by atomic mass is 127. The molecule has 6 heteroatoms. The monoisotopic (exact) mass is 444 g/mol. The van der Waals surface area contributed by atoms with Crippen molar-refractivity contribution >= 4 is 29.9 Å². The Morgan fingerprint density at radius 1 is 1.12 bits per heavy atom. The molecule has 1 heterocycles. The van der Waals surface area contributed by atoms with Gasteiger partial charge in [-0.25, -0.2) is 0 Å². The van der Waals surface area contributed by atoms with E-state index in [1.165, 1.54) is 24.0 Å². The molecule has 1 saturated heterocycles. The first-order valence-corrected chi connectivity index (χ1v) is 8.66. The van der Waals surface area contributed by atoms with Gasteiger partial charge in [-0.2, -0.15) is 0 Å². The molecule has 24 heavy (non-hydrogen) atoms. The van der Waals surface area contributed by atoms with Gasteiger partial charge >= 0.3 is 0 Å². The third-order valence-electron chi connectivity index (χ3n) is 4.47. The van der Waals surface area contributed by atoms with Crippen LogP contribution in [0.4, 0.5) is 0 Å². The van der Waals surface area contributed by atoms with Crippen molar-refractivity contribution in [2.75, 3.05) is 39.9 Å². The average Bonchev–Trinajstić information content (AvgIpc) is 3.42. The van der Waals surface area contributed by atoms with Crippen LogP contribution in [0.15, 0.2) is 29.3 Å². The van der Waals surface area contributed by atoms with Gasteiger partial charge in [0.25, 0.3) is 0 Å². The number of nitrogens with zero attached hydrogens (tertiary/aromatic N) is 2. The number of benzene rings is 1. The molecule has 0 radical (unpaired) electrons. The predicted molar refractivity (Wildman–Crippen MR) is 109 cm³/mol. The standard InChI is InChI=1S/C18H28N4O.HI/c1-19-18(20-12-15-2-3-15)21-13-16-4-6-17(7-5-16)14-22-8-10-23-11-9-22;/h4-7,15H,2-3,8-14H2,1H3,(H2,19,20,21);1H. The summed E-state index contributed by atoms with van der Waals surface area (Å²) in [4.78, 5) is 6.72. The molecule has 1 aromatic rings. The van der Waals surface area contributed by atoms with Crippen LogP contribution < -0.4 is 10.6 Å². The lowest BCUT2D eigenvalue weighted by Crippen LogP contribution is -2.37. The number of guanidine groups is 1. The molecule has 1 aliphatic heterocycles. The Hall–Kier alpha value is -0.860. The number of nitrogens with one attached hydrogen (secondary N) is 2. The maximum atomic E-state index is 5.39. The molecule has 5 nitrogen and oxygen atoms in total. The maximum Gasteiger partial charge on any atom is 0.191 e. The summed E-state index contributed by atoms with van der Waals surface area (Å²) in [5, 5.41) is 6.77. The number of morpholine rings is 1. The van der Waals surface area contributed by atoms with Gasteiger partial charge in [-0.05, 0) is 29.9 Å². The van der Waals surface area contributed by atoms with Gasteiger partial charge in [-0.3, -0.25) is 9.89 Å². The summed E-state index contributed by atoms with van der Waals surface area (Å²) < 4.78 is 5.39. The van der Waals surface area contributed by atoms with E-state index < -0.39 is 0 Å². The van der Waals surface area contributed by atoms with E-state index in [-0.39, 0.29) is 24.0 Å². The van der Waals surface area contributed by atoms with E-state index in [0.717, 1.165) is 57.8 Å². The van der Waals surface area contributed by atoms with Gasteiger partial charge in [0.05, 0.1) is 13.2 Å². The average molecular weight is 444 g/mol. The van der Waals surface area contributed by atoms with Crippen LogP contribution in [-0.4, -0.2) is 50.8 Å². The molecule has 3 rings (SSSR count). The van der Waals surface area contributed by atoms with E-state index in [2.05, 4.69) is 44.8 Å². The van der Waals surface area contributed by atoms with Crippen molar-refractivity contribution in [3.63, 3.8) is 0 Å². The highest BCUT2D eigenvalue weighted by Crippen LogP contribution is 2.27. The normalized spacial score (nSPS) is 18.8. The first-order valence-electron chi connectivity index (χ1n) is 8.66. The SMILES string of the molecule is CN=C(NCc1ccc(CN2CCOCC2)cc1)NCC1CC1.I. The third kappa shape index (κ3) is 6.57. The number of ether oxygens (including phenoxy) is 1. The molecule has 1 aromatic carbocycles. The molecule has 134 valence electrons. The molecule has 0 atom stereocenters. The molecule has 0 unspecified atom stereocenters. The number of aliphatic imine (C=N–C) groups is 1. The van der Waals surface area contributed by atoms with Crippen molar-refractivity contribution in [2.45, 2.75) is 25.9 Å². The maximum absolute atomic E-state index is 5.39. The molecule has 2 N–H and O–H groups in total. The fourth-order valence-electron chi connectivity index (χ4n) is 2.75. The summed E-state index contributed by atoms with van der Waals surface area (Å²) in [6.07, 6.45) is 2.71. The van der Waals surface area contributed by atoms with E-state index in [0.29, 0.717) is 0 Å². The lowest BCUT2D eigenvalue weighted by atomic mass is 10.1. The van der Waals surface area contributed by atoms with Gasteiger partial charge in [-0.1, -0.05) is 24.3 Å². The van der Waals surface area contributed by atoms with Crippen LogP contribution in [0, 0.1) is 5.92 Å². The minimum Gasteiger partial charge on any atom is -0.379 e. The predicted octanol–water partition coefficient (Wildman–Crippen LogP) is 2.21. The Morgan fingerprint density at radius 3 is 2.42 bits per heavy atom. The first kappa shape index (κ1) is 19.5. The number of rotatable bonds is 6. The van der Waals surface area contributed by atoms with E-state index in [9.17, 15) is 0 Å². The Labute approximate surface area is 162 Å². The van der Waals surface area contributed by atoms with Crippen LogP contribution in [0.5, 0.6) is 0 Å². The van der Waals surface area contributed by atoms with Crippen molar-refractivity contribution in [2.24, 2.45) is 10.9 Å². The lowest BCUT2D eigenvalue weighted by Gasteiger charge is -2.26. The highest BCUT2D eigenvalue weighted by Gasteiger charge is 2.21. The highest BCUT2D eigenvalue weighted by molar-refractivity contribution is 14.0. The summed E-state index contributed by atoms with van der Waals surface area (Å²) in [6, 6.07) is 8.87. The third-order valence-corrected chi connectivity index (χ3v) is 4.47. The summed E-state index contributed by atoms with van der Waals surface area (Å²) >= 11 is 0. The molecular formula is C18H29IN4O. The first-order chi connectivity index (χ1) is 11.3. The van der Waals surface area contributed by atoms with Crippen LogP contribution in [0.2, 0.25) is 0 Å². The molecule has 1 saturated carbocycles. The quantitative estimate of drug-likeness (QED) is 0.402.